The van der Waals surface area contributed by atoms with Crippen LogP contribution in [0.2, 0.25) is 0 Å². The highest BCUT2D eigenvalue weighted by molar-refractivity contribution is 7.21. The minimum absolute atomic E-state index is 0.821. The molecule has 0 aliphatic rings. The molecule has 6 aromatic carbocycles. The predicted octanol–water partition coefficient (Wildman–Crippen LogP) is 11.2. The van der Waals surface area contributed by atoms with E-state index in [0.29, 0.717) is 0 Å². The average Bonchev–Trinajstić information content (AvgIpc) is 3.75. The Kier molecular flexibility index (Phi) is 5.03. The van der Waals surface area contributed by atoms with E-state index in [-0.39, 0.29) is 0 Å². The van der Waals surface area contributed by atoms with Gasteiger partial charge < -0.3 is 13.7 Å². The Morgan fingerprint density at radius 2 is 1.33 bits per heavy atom. The van der Waals surface area contributed by atoms with Gasteiger partial charge in [0.05, 0.1) is 27.0 Å². The van der Waals surface area contributed by atoms with Gasteiger partial charge in [0.2, 0.25) is 0 Å². The van der Waals surface area contributed by atoms with Gasteiger partial charge in [-0.05, 0) is 48.5 Å². The van der Waals surface area contributed by atoms with Crippen LogP contribution < -0.4 is 4.90 Å². The van der Waals surface area contributed by atoms with Crippen LogP contribution in [0, 0.1) is 0 Å². The van der Waals surface area contributed by atoms with E-state index in [1.807, 2.05) is 24.3 Å². The monoisotopic (exact) mass is 558 g/mol. The Hall–Kier alpha value is -5.39. The van der Waals surface area contributed by atoms with E-state index >= 15 is 0 Å². The highest BCUT2D eigenvalue weighted by Crippen LogP contribution is 2.44. The van der Waals surface area contributed by atoms with Crippen LogP contribution >= 0.6 is 11.3 Å². The molecule has 0 radical (unpaired) electrons. The summed E-state index contributed by atoms with van der Waals surface area (Å²) in [7, 11) is 0. The van der Waals surface area contributed by atoms with Crippen molar-refractivity contribution in [1.29, 1.82) is 0 Å². The summed E-state index contributed by atoms with van der Waals surface area (Å²) in [6, 6.07) is 45.9. The fourth-order valence-electron chi connectivity index (χ4n) is 6.00. The number of fused-ring (bicyclic) bond motifs is 8. The molecule has 3 heterocycles. The minimum Gasteiger partial charge on any atom is -0.456 e. The molecule has 0 bridgehead atoms. The lowest BCUT2D eigenvalue weighted by molar-refractivity contribution is 0.667. The molecule has 0 atom stereocenters. The second-order valence-corrected chi connectivity index (χ2v) is 11.4. The Morgan fingerprint density at radius 3 is 2.21 bits per heavy atom. The predicted molar refractivity (Wildman–Crippen MR) is 174 cm³/mol. The molecule has 0 saturated carbocycles. The highest BCUT2D eigenvalue weighted by atomic mass is 32.1. The summed E-state index contributed by atoms with van der Waals surface area (Å²) in [5, 5.41) is 5.32. The number of para-hydroxylation sites is 3. The first-order valence-electron chi connectivity index (χ1n) is 13.9. The first-order chi connectivity index (χ1) is 20.8. The number of aromatic nitrogens is 1. The van der Waals surface area contributed by atoms with E-state index in [2.05, 4.69) is 114 Å². The number of furan rings is 2. The lowest BCUT2D eigenvalue weighted by Gasteiger charge is -2.25. The van der Waals surface area contributed by atoms with Gasteiger partial charge in [-0.15, -0.1) is 11.3 Å². The van der Waals surface area contributed by atoms with Gasteiger partial charge in [-0.2, -0.15) is 0 Å². The van der Waals surface area contributed by atoms with Crippen LogP contribution in [-0.2, 0) is 0 Å². The Labute approximate surface area is 244 Å². The average molecular weight is 559 g/mol. The van der Waals surface area contributed by atoms with Gasteiger partial charge in [0, 0.05) is 33.5 Å². The highest BCUT2D eigenvalue weighted by Gasteiger charge is 2.21. The van der Waals surface area contributed by atoms with Crippen molar-refractivity contribution in [2.45, 2.75) is 0 Å². The first-order valence-corrected chi connectivity index (χ1v) is 14.7. The van der Waals surface area contributed by atoms with Gasteiger partial charge in [-0.3, -0.25) is 0 Å². The van der Waals surface area contributed by atoms with E-state index in [1.165, 1.54) is 0 Å². The van der Waals surface area contributed by atoms with Gasteiger partial charge in [0.25, 0.3) is 0 Å². The van der Waals surface area contributed by atoms with Crippen LogP contribution in [0.15, 0.2) is 142 Å². The second-order valence-electron chi connectivity index (χ2n) is 10.4. The summed E-state index contributed by atoms with van der Waals surface area (Å²) < 4.78 is 14.1. The Bertz CT molecular complexity index is 2420. The van der Waals surface area contributed by atoms with Gasteiger partial charge >= 0.3 is 0 Å². The van der Waals surface area contributed by atoms with Gasteiger partial charge in [-0.25, -0.2) is 4.98 Å². The number of hydrogen-bond donors (Lipinski definition) is 0. The Morgan fingerprint density at radius 1 is 0.548 bits per heavy atom. The van der Waals surface area contributed by atoms with Crippen molar-refractivity contribution in [3.8, 4) is 10.6 Å². The first kappa shape index (κ1) is 23.3. The molecule has 198 valence electrons. The standard InChI is InChI=1S/C37H22N2O2S/c1-3-10-23(11-4-1)37-38-35-33(42-37)21-20-31-34(35)28-19-18-25(22-32(28)40-31)39(24-12-5-2-6-13-24)29-16-9-15-27-26-14-7-8-17-30(26)41-36(27)29/h1-22H. The number of nitrogens with zero attached hydrogens (tertiary/aromatic N) is 2. The SMILES string of the molecule is c1ccc(-c2nc3c(ccc4oc5cc(N(c6ccccc6)c6cccc7c6oc6ccccc67)ccc5c43)s2)cc1. The summed E-state index contributed by atoms with van der Waals surface area (Å²) in [5.74, 6) is 0. The molecular formula is C37H22N2O2S. The molecule has 0 amide bonds. The third-order valence-corrected chi connectivity index (χ3v) is 8.96. The maximum absolute atomic E-state index is 6.49. The molecule has 42 heavy (non-hydrogen) atoms. The third-order valence-electron chi connectivity index (χ3n) is 7.89. The van der Waals surface area contributed by atoms with Gasteiger partial charge in [0.15, 0.2) is 5.58 Å². The molecule has 0 saturated heterocycles. The molecule has 0 aliphatic heterocycles. The van der Waals surface area contributed by atoms with Crippen molar-refractivity contribution in [2.24, 2.45) is 0 Å². The van der Waals surface area contributed by atoms with Gasteiger partial charge in [0.1, 0.15) is 21.8 Å². The van der Waals surface area contributed by atoms with E-state index in [0.717, 1.165) is 81.7 Å². The molecule has 0 aliphatic carbocycles. The summed E-state index contributed by atoms with van der Waals surface area (Å²) in [6.07, 6.45) is 0. The van der Waals surface area contributed by atoms with Crippen molar-refractivity contribution >= 4 is 82.5 Å². The molecule has 0 unspecified atom stereocenters. The maximum atomic E-state index is 6.49. The number of thiazole rings is 1. The molecule has 9 aromatic rings. The van der Waals surface area contributed by atoms with Crippen molar-refractivity contribution < 1.29 is 8.83 Å². The quantitative estimate of drug-likeness (QED) is 0.215. The summed E-state index contributed by atoms with van der Waals surface area (Å²) in [5.41, 5.74) is 8.49. The zero-order valence-electron chi connectivity index (χ0n) is 22.3. The smallest absolute Gasteiger partial charge is 0.159 e. The molecule has 9 rings (SSSR count). The fourth-order valence-corrected chi connectivity index (χ4v) is 6.98. The van der Waals surface area contributed by atoms with Crippen molar-refractivity contribution in [3.63, 3.8) is 0 Å². The minimum atomic E-state index is 0.821. The topological polar surface area (TPSA) is 42.4 Å². The molecule has 0 spiro atoms. The lowest BCUT2D eigenvalue weighted by atomic mass is 10.1. The van der Waals surface area contributed by atoms with Crippen LogP contribution in [0.3, 0.4) is 0 Å². The molecule has 0 N–H and O–H groups in total. The van der Waals surface area contributed by atoms with Crippen molar-refractivity contribution in [3.05, 3.63) is 133 Å². The van der Waals surface area contributed by atoms with Crippen LogP contribution in [0.25, 0.3) is 64.7 Å². The summed E-state index contributed by atoms with van der Waals surface area (Å²) in [6.45, 7) is 0. The Balaban J connectivity index is 1.26. The van der Waals surface area contributed by atoms with Crippen molar-refractivity contribution in [2.75, 3.05) is 4.90 Å². The second kappa shape index (κ2) is 9.06. The number of anilines is 3. The number of rotatable bonds is 4. The van der Waals surface area contributed by atoms with Crippen LogP contribution in [0.1, 0.15) is 0 Å². The summed E-state index contributed by atoms with van der Waals surface area (Å²) in [4.78, 5) is 7.32. The molecule has 5 heteroatoms. The van der Waals surface area contributed by atoms with E-state index < -0.39 is 0 Å². The maximum Gasteiger partial charge on any atom is 0.159 e. The molecule has 4 nitrogen and oxygen atoms in total. The van der Waals surface area contributed by atoms with E-state index in [9.17, 15) is 0 Å². The number of benzene rings is 6. The fraction of sp³-hybridized carbons (Fsp3) is 0. The molecule has 3 aromatic heterocycles. The zero-order chi connectivity index (χ0) is 27.6. The van der Waals surface area contributed by atoms with E-state index in [4.69, 9.17) is 13.8 Å². The zero-order valence-corrected chi connectivity index (χ0v) is 23.1. The summed E-state index contributed by atoms with van der Waals surface area (Å²) >= 11 is 1.71. The molecular weight excluding hydrogens is 536 g/mol. The van der Waals surface area contributed by atoms with E-state index in [1.54, 1.807) is 11.3 Å². The van der Waals surface area contributed by atoms with Crippen LogP contribution in [-0.4, -0.2) is 4.98 Å². The largest absolute Gasteiger partial charge is 0.456 e. The third kappa shape index (κ3) is 3.51. The van der Waals surface area contributed by atoms with Crippen molar-refractivity contribution in [1.82, 2.24) is 4.98 Å². The van der Waals surface area contributed by atoms with Gasteiger partial charge in [-0.1, -0.05) is 78.9 Å². The normalized spacial score (nSPS) is 11.8. The van der Waals surface area contributed by atoms with Crippen LogP contribution in [0.4, 0.5) is 17.1 Å². The molecule has 0 fully saturated rings. The lowest BCUT2D eigenvalue weighted by Crippen LogP contribution is -2.09. The van der Waals surface area contributed by atoms with Crippen LogP contribution in [0.5, 0.6) is 0 Å². The number of hydrogen-bond acceptors (Lipinski definition) is 5.